The number of rotatable bonds is 33. The van der Waals surface area contributed by atoms with Gasteiger partial charge in [-0.15, -0.1) is 0 Å². The Balaban J connectivity index is 0.957. The van der Waals surface area contributed by atoms with E-state index < -0.39 is 52.9 Å². The number of hydrogen-bond acceptors (Lipinski definition) is 19. The molecular weight excluding hydrogens is 1110 g/mol. The number of nitrogens with zero attached hydrogens (tertiary/aromatic N) is 5. The van der Waals surface area contributed by atoms with Crippen molar-refractivity contribution < 1.29 is 71.5 Å². The first-order valence-corrected chi connectivity index (χ1v) is 29.0. The van der Waals surface area contributed by atoms with E-state index in [-0.39, 0.29) is 112 Å². The molecule has 0 spiro atoms. The van der Waals surface area contributed by atoms with Gasteiger partial charge in [0.05, 0.1) is 54.9 Å². The molecule has 2 aromatic heterocycles. The second-order valence-electron chi connectivity index (χ2n) is 22.0. The summed E-state index contributed by atoms with van der Waals surface area (Å²) >= 11 is 0. The van der Waals surface area contributed by atoms with Crippen LogP contribution in [-0.4, -0.2) is 115 Å². The fourth-order valence-electron chi connectivity index (χ4n) is 10.3. The summed E-state index contributed by atoms with van der Waals surface area (Å²) in [5.74, 6) is -2.82. The number of aromatic nitrogens is 2. The predicted molar refractivity (Wildman–Crippen MR) is 314 cm³/mol. The highest BCUT2D eigenvalue weighted by atomic mass is 16.7. The van der Waals surface area contributed by atoms with Gasteiger partial charge >= 0.3 is 18.3 Å². The van der Waals surface area contributed by atoms with Crippen molar-refractivity contribution in [2.45, 2.75) is 136 Å². The number of Topliss-reactive ketones (excluding diaryl/α,β-unsaturated/α-hetero) is 3. The van der Waals surface area contributed by atoms with E-state index >= 15 is 0 Å². The van der Waals surface area contributed by atoms with Crippen molar-refractivity contribution in [3.05, 3.63) is 139 Å². The Bertz CT molecular complexity index is 3360. The molecule has 0 radical (unpaired) electrons. The van der Waals surface area contributed by atoms with Gasteiger partial charge in [-0.2, -0.15) is 0 Å². The number of fused-ring (bicyclic) bond motifs is 5. The molecule has 0 saturated heterocycles. The molecule has 86 heavy (non-hydrogen) atoms. The zero-order valence-corrected chi connectivity index (χ0v) is 49.4. The van der Waals surface area contributed by atoms with Crippen molar-refractivity contribution >= 4 is 52.4 Å². The number of benzene rings is 3. The molecule has 0 bridgehead atoms. The number of aryl methyl sites for hydroxylation is 1. The highest BCUT2D eigenvalue weighted by molar-refractivity contribution is 5.94. The lowest BCUT2D eigenvalue weighted by molar-refractivity contribution is -0.175. The first kappa shape index (κ1) is 65.2. The first-order chi connectivity index (χ1) is 41.4. The van der Waals surface area contributed by atoms with Crippen molar-refractivity contribution in [2.24, 2.45) is 16.8 Å². The fraction of sp³-hybridized carbons (Fsp3) is 0.476. The summed E-state index contributed by atoms with van der Waals surface area (Å²) in [5.41, 5.74) is 16.3. The minimum atomic E-state index is -2.04. The minimum absolute atomic E-state index is 0.0620. The molecule has 2 aliphatic rings. The summed E-state index contributed by atoms with van der Waals surface area (Å²) in [6.07, 6.45) is 0.437. The number of nitrogens with one attached hydrogen (secondary N) is 1. The van der Waals surface area contributed by atoms with E-state index in [0.717, 1.165) is 22.1 Å². The van der Waals surface area contributed by atoms with E-state index in [1.165, 1.54) is 0 Å². The third-order valence-corrected chi connectivity index (χ3v) is 14.6. The Morgan fingerprint density at radius 1 is 0.849 bits per heavy atom. The molecule has 1 amide bonds. The maximum atomic E-state index is 14.4. The second-order valence-corrected chi connectivity index (χ2v) is 22.0. The van der Waals surface area contributed by atoms with E-state index in [1.807, 2.05) is 37.3 Å². The van der Waals surface area contributed by atoms with Gasteiger partial charge < -0.3 is 53.5 Å². The predicted octanol–water partition coefficient (Wildman–Crippen LogP) is 8.57. The number of unbranched alkanes of at least 4 members (excludes halogenated alkanes) is 1. The van der Waals surface area contributed by atoms with Crippen LogP contribution in [0.1, 0.15) is 119 Å². The van der Waals surface area contributed by atoms with Crippen LogP contribution in [0.25, 0.3) is 32.7 Å². The van der Waals surface area contributed by atoms with Gasteiger partial charge in [-0.25, -0.2) is 19.4 Å². The highest BCUT2D eigenvalue weighted by Gasteiger charge is 2.51. The molecular formula is C63H75N7O16. The van der Waals surface area contributed by atoms with Crippen molar-refractivity contribution in [3.63, 3.8) is 0 Å². The van der Waals surface area contributed by atoms with Crippen molar-refractivity contribution in [3.8, 4) is 17.1 Å². The van der Waals surface area contributed by atoms with Crippen molar-refractivity contribution in [1.29, 1.82) is 0 Å². The summed E-state index contributed by atoms with van der Waals surface area (Å²) in [7, 11) is 0. The quantitative estimate of drug-likeness (QED) is 0.00741. The van der Waals surface area contributed by atoms with Gasteiger partial charge in [-0.1, -0.05) is 73.6 Å². The molecule has 0 saturated carbocycles. The van der Waals surface area contributed by atoms with Gasteiger partial charge in [-0.3, -0.25) is 24.0 Å². The number of azide groups is 1. The SMILES string of the molecule is CCc1c2c(nc3ccc(OC(=O)OC(C)(C)C)cc13)-c1cc3c(c(=O)n1C2)COC(=O)[C@@]3(CC)OC(=O)OCc1ccc(CC(=O)C(CCCCN)NC(=O)C(CC(=O)COCC(=O)CCCOCCOCCN=[N+]=[N-])Cc2ccccc2)cc1. The Morgan fingerprint density at radius 2 is 1.58 bits per heavy atom. The van der Waals surface area contributed by atoms with Gasteiger partial charge in [0.2, 0.25) is 11.5 Å². The number of amides is 1. The maximum absolute atomic E-state index is 14.4. The van der Waals surface area contributed by atoms with Crippen LogP contribution in [0.2, 0.25) is 0 Å². The normalized spacial score (nSPS) is 14.8. The van der Waals surface area contributed by atoms with Gasteiger partial charge in [0.15, 0.2) is 17.3 Å². The third-order valence-electron chi connectivity index (χ3n) is 14.6. The third kappa shape index (κ3) is 17.6. The number of ether oxygens (including phenoxy) is 8. The van der Waals surface area contributed by atoms with Crippen LogP contribution in [-0.2, 0) is 102 Å². The Morgan fingerprint density at radius 3 is 2.29 bits per heavy atom. The van der Waals surface area contributed by atoms with Crippen LogP contribution in [0.3, 0.4) is 0 Å². The number of carbonyl (C=O) groups excluding carboxylic acids is 7. The lowest BCUT2D eigenvalue weighted by atomic mass is 9.85. The zero-order valence-electron chi connectivity index (χ0n) is 49.4. The number of cyclic esters (lactones) is 1. The van der Waals surface area contributed by atoms with Gasteiger partial charge in [-0.05, 0) is 124 Å². The standard InChI is InChI=1S/C63H75N7O16/c1-6-47-48-33-46(84-61(78)85-62(3,4)5)22-23-52(48)67-56-49(47)35-70-54(56)34-51-50(58(70)75)39-82-59(76)63(51,7-2)86-60(77)83-36-42-20-18-41(19-21-42)31-55(73)53(17-11-12-24-64)68-57(74)43(30-40-14-9-8-10-15-40)32-45(72)38-81-37-44(71)16-13-26-79-28-29-80-27-25-66-69-65/h8-10,14-15,18-23,33-34,43,53H,6-7,11-13,16-17,24-32,35-39,64H2,1-5H3,(H,68,74)/t43?,53?,63-/m0/s1. The Labute approximate surface area is 498 Å². The molecule has 3 aromatic carbocycles. The summed E-state index contributed by atoms with van der Waals surface area (Å²) in [5, 5.41) is 7.03. The number of nitrogens with two attached hydrogens (primary N) is 1. The summed E-state index contributed by atoms with van der Waals surface area (Å²) in [6.45, 7) is 9.55. The molecule has 3 atom stereocenters. The number of pyridine rings is 2. The van der Waals surface area contributed by atoms with Crippen LogP contribution in [0.4, 0.5) is 9.59 Å². The summed E-state index contributed by atoms with van der Waals surface area (Å²) in [4.78, 5) is 116. The monoisotopic (exact) mass is 1190 g/mol. The van der Waals surface area contributed by atoms with Gasteiger partial charge in [0.25, 0.3) is 5.56 Å². The summed E-state index contributed by atoms with van der Waals surface area (Å²) in [6, 6.07) is 21.7. The van der Waals surface area contributed by atoms with Crippen LogP contribution < -0.4 is 21.3 Å². The molecule has 0 fully saturated rings. The lowest BCUT2D eigenvalue weighted by Gasteiger charge is -2.35. The fourth-order valence-corrected chi connectivity index (χ4v) is 10.3. The highest BCUT2D eigenvalue weighted by Crippen LogP contribution is 2.43. The molecule has 4 heterocycles. The van der Waals surface area contributed by atoms with E-state index in [1.54, 1.807) is 80.8 Å². The zero-order chi connectivity index (χ0) is 61.8. The van der Waals surface area contributed by atoms with E-state index in [2.05, 4.69) is 15.3 Å². The molecule has 2 unspecified atom stereocenters. The largest absolute Gasteiger partial charge is 0.514 e. The van der Waals surface area contributed by atoms with Crippen molar-refractivity contribution in [1.82, 2.24) is 14.9 Å². The number of hydrogen-bond donors (Lipinski definition) is 2. The number of ketones is 3. The molecule has 5 aromatic rings. The average molecular weight is 1190 g/mol. The minimum Gasteiger partial charge on any atom is -0.457 e. The summed E-state index contributed by atoms with van der Waals surface area (Å²) < 4.78 is 45.6. The molecule has 3 N–H and O–H groups in total. The second kappa shape index (κ2) is 31.2. The smallest absolute Gasteiger partial charge is 0.457 e. The molecule has 458 valence electrons. The van der Waals surface area contributed by atoms with Crippen LogP contribution in [0.15, 0.2) is 88.8 Å². The topological polar surface area (TPSA) is 315 Å². The first-order valence-electron chi connectivity index (χ1n) is 29.0. The number of esters is 1. The maximum Gasteiger partial charge on any atom is 0.514 e. The van der Waals surface area contributed by atoms with E-state index in [9.17, 15) is 38.4 Å². The van der Waals surface area contributed by atoms with E-state index in [0.29, 0.717) is 86.5 Å². The Kier molecular flexibility index (Phi) is 23.6. The molecule has 23 nitrogen and oxygen atoms in total. The van der Waals surface area contributed by atoms with Crippen LogP contribution in [0.5, 0.6) is 5.75 Å². The number of carbonyl (C=O) groups is 7. The van der Waals surface area contributed by atoms with E-state index in [4.69, 9.17) is 54.1 Å². The molecule has 23 heteroatoms. The Hall–Kier alpha value is -8.34. The van der Waals surface area contributed by atoms with Crippen LogP contribution >= 0.6 is 0 Å². The lowest BCUT2D eigenvalue weighted by Crippen LogP contribution is -2.47. The molecule has 7 rings (SSSR count). The molecule has 2 aliphatic heterocycles. The van der Waals surface area contributed by atoms with Gasteiger partial charge in [0.1, 0.15) is 37.8 Å². The van der Waals surface area contributed by atoms with Gasteiger partial charge in [0, 0.05) is 59.8 Å². The van der Waals surface area contributed by atoms with Crippen LogP contribution in [0, 0.1) is 5.92 Å². The molecule has 0 aliphatic carbocycles. The van der Waals surface area contributed by atoms with Crippen molar-refractivity contribution in [2.75, 3.05) is 52.7 Å². The average Bonchev–Trinajstić information content (AvgIpc) is 1.57.